The predicted molar refractivity (Wildman–Crippen MR) is 63.9 cm³/mol. The molecule has 106 valence electrons. The molecule has 0 aliphatic rings. The van der Waals surface area contributed by atoms with Gasteiger partial charge in [-0.3, -0.25) is 4.79 Å². The van der Waals surface area contributed by atoms with Gasteiger partial charge in [0.1, 0.15) is 18.9 Å². The maximum Gasteiger partial charge on any atom is 0.405 e. The lowest BCUT2D eigenvalue weighted by atomic mass is 10.3. The molecule has 0 aliphatic carbocycles. The number of hydrogen-bond donors (Lipinski definition) is 2. The lowest BCUT2D eigenvalue weighted by molar-refractivity contribution is -0.137. The van der Waals surface area contributed by atoms with E-state index in [-0.39, 0.29) is 6.54 Å². The van der Waals surface area contributed by atoms with E-state index < -0.39 is 18.6 Å². The molecule has 0 saturated carbocycles. The van der Waals surface area contributed by atoms with Crippen molar-refractivity contribution in [3.8, 4) is 5.75 Å². The van der Waals surface area contributed by atoms with E-state index in [0.29, 0.717) is 18.9 Å². The summed E-state index contributed by atoms with van der Waals surface area (Å²) in [5, 5.41) is 4.45. The van der Waals surface area contributed by atoms with Gasteiger partial charge in [0.25, 0.3) is 0 Å². The third kappa shape index (κ3) is 8.04. The highest BCUT2D eigenvalue weighted by Crippen LogP contribution is 2.11. The number of halogens is 3. The van der Waals surface area contributed by atoms with Crippen LogP contribution in [0.3, 0.4) is 0 Å². The summed E-state index contributed by atoms with van der Waals surface area (Å²) in [6.07, 6.45) is -4.38. The van der Waals surface area contributed by atoms with Crippen molar-refractivity contribution in [2.75, 3.05) is 26.2 Å². The van der Waals surface area contributed by atoms with Crippen molar-refractivity contribution in [1.29, 1.82) is 0 Å². The number of alkyl halides is 3. The average Bonchev–Trinajstić information content (AvgIpc) is 2.36. The molecule has 0 heterocycles. The largest absolute Gasteiger partial charge is 0.492 e. The minimum atomic E-state index is -4.38. The molecule has 1 amide bonds. The second-order valence-corrected chi connectivity index (χ2v) is 3.73. The molecule has 0 spiro atoms. The first-order chi connectivity index (χ1) is 8.97. The molecular formula is C12H15F3N2O2. The van der Waals surface area contributed by atoms with Crippen LogP contribution in [0.15, 0.2) is 30.3 Å². The molecule has 0 bridgehead atoms. The first-order valence-corrected chi connectivity index (χ1v) is 5.69. The van der Waals surface area contributed by atoms with Gasteiger partial charge in [0.05, 0.1) is 6.54 Å². The minimum Gasteiger partial charge on any atom is -0.492 e. The number of carbonyl (C=O) groups is 1. The van der Waals surface area contributed by atoms with Crippen molar-refractivity contribution in [3.63, 3.8) is 0 Å². The van der Waals surface area contributed by atoms with E-state index >= 15 is 0 Å². The monoisotopic (exact) mass is 276 g/mol. The molecule has 1 aromatic rings. The second-order valence-electron chi connectivity index (χ2n) is 3.73. The number of benzene rings is 1. The Balaban J connectivity index is 2.03. The van der Waals surface area contributed by atoms with Crippen molar-refractivity contribution < 1.29 is 22.7 Å². The number of rotatable bonds is 7. The summed E-state index contributed by atoms with van der Waals surface area (Å²) in [5.41, 5.74) is 0. The minimum absolute atomic E-state index is 0.172. The smallest absolute Gasteiger partial charge is 0.405 e. The van der Waals surface area contributed by atoms with Crippen LogP contribution in [0.5, 0.6) is 5.75 Å². The van der Waals surface area contributed by atoms with E-state index in [1.165, 1.54) is 0 Å². The Morgan fingerprint density at radius 3 is 2.53 bits per heavy atom. The topological polar surface area (TPSA) is 50.4 Å². The van der Waals surface area contributed by atoms with Crippen LogP contribution in [0.2, 0.25) is 0 Å². The normalized spacial score (nSPS) is 11.1. The maximum atomic E-state index is 11.8. The lowest BCUT2D eigenvalue weighted by Gasteiger charge is -2.09. The van der Waals surface area contributed by atoms with Gasteiger partial charge in [-0.1, -0.05) is 18.2 Å². The molecule has 0 atom stereocenters. The number of amides is 1. The van der Waals surface area contributed by atoms with E-state index in [1.54, 1.807) is 17.4 Å². The van der Waals surface area contributed by atoms with Gasteiger partial charge in [0, 0.05) is 6.54 Å². The van der Waals surface area contributed by atoms with Gasteiger partial charge in [-0.05, 0) is 12.1 Å². The van der Waals surface area contributed by atoms with Crippen LogP contribution in [0.1, 0.15) is 0 Å². The number of carbonyl (C=O) groups excluding carboxylic acids is 1. The van der Waals surface area contributed by atoms with Crippen LogP contribution in [-0.4, -0.2) is 38.3 Å². The Bertz CT molecular complexity index is 382. The Kier molecular flexibility index (Phi) is 6.14. The molecule has 0 saturated heterocycles. The first-order valence-electron chi connectivity index (χ1n) is 5.69. The molecule has 1 aromatic carbocycles. The lowest BCUT2D eigenvalue weighted by Crippen LogP contribution is -2.40. The number of nitrogens with one attached hydrogen (secondary N) is 2. The van der Waals surface area contributed by atoms with Crippen molar-refractivity contribution >= 4 is 5.91 Å². The van der Waals surface area contributed by atoms with Crippen molar-refractivity contribution in [1.82, 2.24) is 10.6 Å². The summed E-state index contributed by atoms with van der Waals surface area (Å²) in [4.78, 5) is 11.0. The molecule has 0 unspecified atom stereocenters. The highest BCUT2D eigenvalue weighted by atomic mass is 19.4. The van der Waals surface area contributed by atoms with Crippen LogP contribution < -0.4 is 15.4 Å². The Labute approximate surface area is 108 Å². The Hall–Kier alpha value is -1.76. The van der Waals surface area contributed by atoms with E-state index in [0.717, 1.165) is 0 Å². The standard InChI is InChI=1S/C12H15F3N2O2/c13-12(14,15)9-17-11(18)8-16-6-7-19-10-4-2-1-3-5-10/h1-5,16H,6-9H2,(H,17,18). The van der Waals surface area contributed by atoms with Crippen LogP contribution in [0.4, 0.5) is 13.2 Å². The highest BCUT2D eigenvalue weighted by Gasteiger charge is 2.27. The molecule has 0 radical (unpaired) electrons. The summed E-state index contributed by atoms with van der Waals surface area (Å²) >= 11 is 0. The zero-order valence-electron chi connectivity index (χ0n) is 10.2. The number of hydrogen-bond acceptors (Lipinski definition) is 3. The maximum absolute atomic E-state index is 11.8. The highest BCUT2D eigenvalue weighted by molar-refractivity contribution is 5.77. The zero-order chi connectivity index (χ0) is 14.1. The Morgan fingerprint density at radius 2 is 1.89 bits per heavy atom. The average molecular weight is 276 g/mol. The zero-order valence-corrected chi connectivity index (χ0v) is 10.2. The molecule has 0 fully saturated rings. The van der Waals surface area contributed by atoms with E-state index in [1.807, 2.05) is 18.2 Å². The second kappa shape index (κ2) is 7.63. The quantitative estimate of drug-likeness (QED) is 0.739. The third-order valence-electron chi connectivity index (χ3n) is 2.06. The fourth-order valence-electron chi connectivity index (χ4n) is 1.22. The molecule has 2 N–H and O–H groups in total. The van der Waals surface area contributed by atoms with Gasteiger partial charge in [0.15, 0.2) is 0 Å². The molecule has 0 aliphatic heterocycles. The third-order valence-corrected chi connectivity index (χ3v) is 2.06. The van der Waals surface area contributed by atoms with E-state index in [9.17, 15) is 18.0 Å². The molecular weight excluding hydrogens is 261 g/mol. The fourth-order valence-corrected chi connectivity index (χ4v) is 1.22. The fraction of sp³-hybridized carbons (Fsp3) is 0.417. The number of ether oxygens (including phenoxy) is 1. The molecule has 19 heavy (non-hydrogen) atoms. The van der Waals surface area contributed by atoms with Gasteiger partial charge in [-0.2, -0.15) is 13.2 Å². The number of para-hydroxylation sites is 1. The SMILES string of the molecule is O=C(CNCCOc1ccccc1)NCC(F)(F)F. The molecule has 4 nitrogen and oxygen atoms in total. The molecule has 1 rings (SSSR count). The van der Waals surface area contributed by atoms with Crippen molar-refractivity contribution in [3.05, 3.63) is 30.3 Å². The van der Waals surface area contributed by atoms with Gasteiger partial charge in [0.2, 0.25) is 5.91 Å². The molecule has 0 aromatic heterocycles. The van der Waals surface area contributed by atoms with Crippen LogP contribution in [0, 0.1) is 0 Å². The van der Waals surface area contributed by atoms with Gasteiger partial charge in [-0.15, -0.1) is 0 Å². The summed E-state index contributed by atoms with van der Waals surface area (Å²) in [6.45, 7) is -0.785. The van der Waals surface area contributed by atoms with Crippen molar-refractivity contribution in [2.24, 2.45) is 0 Å². The van der Waals surface area contributed by atoms with Gasteiger partial charge >= 0.3 is 6.18 Å². The summed E-state index contributed by atoms with van der Waals surface area (Å²) in [5.74, 6) is 0.00265. The predicted octanol–water partition coefficient (Wildman–Crippen LogP) is 1.33. The Morgan fingerprint density at radius 1 is 1.21 bits per heavy atom. The van der Waals surface area contributed by atoms with Crippen LogP contribution >= 0.6 is 0 Å². The summed E-state index contributed by atoms with van der Waals surface area (Å²) < 4.78 is 40.7. The van der Waals surface area contributed by atoms with Crippen molar-refractivity contribution in [2.45, 2.75) is 6.18 Å². The van der Waals surface area contributed by atoms with E-state index in [2.05, 4.69) is 5.32 Å². The van der Waals surface area contributed by atoms with Gasteiger partial charge in [-0.25, -0.2) is 0 Å². The van der Waals surface area contributed by atoms with E-state index in [4.69, 9.17) is 4.74 Å². The molecule has 7 heteroatoms. The van der Waals surface area contributed by atoms with Gasteiger partial charge < -0.3 is 15.4 Å². The summed E-state index contributed by atoms with van der Waals surface area (Å²) in [6, 6.07) is 9.09. The van der Waals surface area contributed by atoms with Crippen LogP contribution in [-0.2, 0) is 4.79 Å². The van der Waals surface area contributed by atoms with Crippen LogP contribution in [0.25, 0.3) is 0 Å². The first kappa shape index (κ1) is 15.3. The summed E-state index contributed by atoms with van der Waals surface area (Å²) in [7, 11) is 0.